The summed E-state index contributed by atoms with van der Waals surface area (Å²) in [7, 11) is 0. The first-order valence-electron chi connectivity index (χ1n) is 5.80. The molecule has 1 heterocycles. The van der Waals surface area contributed by atoms with Crippen LogP contribution in [-0.4, -0.2) is 9.97 Å². The first-order valence-corrected chi connectivity index (χ1v) is 7.39. The highest BCUT2D eigenvalue weighted by Crippen LogP contribution is 2.33. The zero-order chi connectivity index (χ0) is 14.3. The van der Waals surface area contributed by atoms with Gasteiger partial charge in [0.2, 0.25) is 0 Å². The quantitative estimate of drug-likeness (QED) is 0.618. The normalized spacial score (nSPS) is 10.9. The van der Waals surface area contributed by atoms with Crippen LogP contribution in [0.15, 0.2) is 50.1 Å². The molecule has 0 amide bonds. The number of H-pyrrole nitrogens is 1. The summed E-state index contributed by atoms with van der Waals surface area (Å²) in [4.78, 5) is 19.3. The number of nitrogens with zero attached hydrogens (tertiary/aromatic N) is 1. The van der Waals surface area contributed by atoms with Gasteiger partial charge in [-0.15, -0.1) is 0 Å². The van der Waals surface area contributed by atoms with Gasteiger partial charge >= 0.3 is 0 Å². The number of nitrogen functional groups attached to an aromatic ring is 1. The largest absolute Gasteiger partial charge is 0.397 e. The molecule has 3 aromatic rings. The van der Waals surface area contributed by atoms with E-state index in [0.717, 1.165) is 8.95 Å². The Morgan fingerprint density at radius 2 is 1.90 bits per heavy atom. The topological polar surface area (TPSA) is 71.8 Å². The molecule has 0 atom stereocenters. The lowest BCUT2D eigenvalue weighted by Crippen LogP contribution is -2.10. The van der Waals surface area contributed by atoms with E-state index in [0.29, 0.717) is 28.0 Å². The third-order valence-electron chi connectivity index (χ3n) is 2.96. The van der Waals surface area contributed by atoms with E-state index in [1.165, 1.54) is 0 Å². The van der Waals surface area contributed by atoms with Crippen LogP contribution in [0.5, 0.6) is 0 Å². The lowest BCUT2D eigenvalue weighted by Gasteiger charge is -2.08. The molecule has 0 aliphatic heterocycles. The Hall–Kier alpha value is -1.66. The molecular weight excluding hydrogens is 386 g/mol. The van der Waals surface area contributed by atoms with Crippen molar-refractivity contribution in [1.29, 1.82) is 0 Å². The Bertz CT molecular complexity index is 874. The standard InChI is InChI=1S/C14H9Br2N3O/c15-7-5-9(12(17)10(16)6-7)13-18-11-4-2-1-3-8(11)14(20)19-13/h1-6H,17H2,(H,18,19,20). The monoisotopic (exact) mass is 393 g/mol. The van der Waals surface area contributed by atoms with Crippen molar-refractivity contribution in [2.75, 3.05) is 5.73 Å². The number of nitrogens with two attached hydrogens (primary N) is 1. The molecule has 4 nitrogen and oxygen atoms in total. The first-order chi connectivity index (χ1) is 9.56. The predicted octanol–water partition coefficient (Wildman–Crippen LogP) is 3.70. The van der Waals surface area contributed by atoms with Gasteiger partial charge in [0, 0.05) is 14.5 Å². The number of aromatic amines is 1. The van der Waals surface area contributed by atoms with Crippen molar-refractivity contribution in [2.45, 2.75) is 0 Å². The lowest BCUT2D eigenvalue weighted by molar-refractivity contribution is 1.18. The Kier molecular flexibility index (Phi) is 3.35. The summed E-state index contributed by atoms with van der Waals surface area (Å²) >= 11 is 6.79. The van der Waals surface area contributed by atoms with Gasteiger partial charge in [0.05, 0.1) is 16.6 Å². The van der Waals surface area contributed by atoms with Crippen molar-refractivity contribution in [3.05, 3.63) is 55.7 Å². The van der Waals surface area contributed by atoms with E-state index in [9.17, 15) is 4.79 Å². The van der Waals surface area contributed by atoms with Gasteiger partial charge < -0.3 is 10.7 Å². The number of anilines is 1. The van der Waals surface area contributed by atoms with E-state index in [4.69, 9.17) is 5.73 Å². The van der Waals surface area contributed by atoms with Gasteiger partial charge in [-0.3, -0.25) is 4.79 Å². The molecule has 3 rings (SSSR count). The molecular formula is C14H9Br2N3O. The van der Waals surface area contributed by atoms with Crippen molar-refractivity contribution < 1.29 is 0 Å². The highest BCUT2D eigenvalue weighted by molar-refractivity contribution is 9.11. The number of hydrogen-bond donors (Lipinski definition) is 2. The molecule has 0 fully saturated rings. The number of aromatic nitrogens is 2. The van der Waals surface area contributed by atoms with Crippen LogP contribution in [0.2, 0.25) is 0 Å². The molecule has 20 heavy (non-hydrogen) atoms. The molecule has 0 aliphatic carbocycles. The van der Waals surface area contributed by atoms with Crippen LogP contribution < -0.4 is 11.3 Å². The Morgan fingerprint density at radius 3 is 2.70 bits per heavy atom. The third-order valence-corrected chi connectivity index (χ3v) is 4.08. The lowest BCUT2D eigenvalue weighted by atomic mass is 10.1. The second kappa shape index (κ2) is 5.03. The Morgan fingerprint density at radius 1 is 1.15 bits per heavy atom. The van der Waals surface area contributed by atoms with Crippen molar-refractivity contribution in [2.24, 2.45) is 0 Å². The van der Waals surface area contributed by atoms with Crippen LogP contribution in [-0.2, 0) is 0 Å². The Balaban J connectivity index is 2.33. The summed E-state index contributed by atoms with van der Waals surface area (Å²) in [6.45, 7) is 0. The molecule has 6 heteroatoms. The Labute approximate surface area is 131 Å². The number of hydrogen-bond acceptors (Lipinski definition) is 3. The molecule has 0 saturated carbocycles. The summed E-state index contributed by atoms with van der Waals surface area (Å²) in [6, 6.07) is 10.9. The molecule has 0 spiro atoms. The maximum atomic E-state index is 12.1. The SMILES string of the molecule is Nc1c(Br)cc(Br)cc1-c1nc2ccccc2c(=O)[nH]1. The van der Waals surface area contributed by atoms with E-state index in [1.807, 2.05) is 24.3 Å². The average molecular weight is 395 g/mol. The fourth-order valence-corrected chi connectivity index (χ4v) is 3.22. The van der Waals surface area contributed by atoms with Crippen LogP contribution in [0.25, 0.3) is 22.3 Å². The summed E-state index contributed by atoms with van der Waals surface area (Å²) in [5.74, 6) is 0.452. The van der Waals surface area contributed by atoms with Gasteiger partial charge in [-0.1, -0.05) is 28.1 Å². The van der Waals surface area contributed by atoms with Crippen LogP contribution in [0.4, 0.5) is 5.69 Å². The minimum atomic E-state index is -0.180. The van der Waals surface area contributed by atoms with Gasteiger partial charge in [-0.2, -0.15) is 0 Å². The van der Waals surface area contributed by atoms with E-state index < -0.39 is 0 Å². The molecule has 2 aromatic carbocycles. The van der Waals surface area contributed by atoms with Crippen molar-refractivity contribution in [3.63, 3.8) is 0 Å². The molecule has 0 bridgehead atoms. The number of halogens is 2. The van der Waals surface area contributed by atoms with Crippen LogP contribution in [0.1, 0.15) is 0 Å². The molecule has 0 aliphatic rings. The minimum absolute atomic E-state index is 0.180. The molecule has 3 N–H and O–H groups in total. The zero-order valence-electron chi connectivity index (χ0n) is 10.2. The van der Waals surface area contributed by atoms with Gasteiger partial charge in [0.1, 0.15) is 5.82 Å². The van der Waals surface area contributed by atoms with Crippen molar-refractivity contribution in [3.8, 4) is 11.4 Å². The van der Waals surface area contributed by atoms with Gasteiger partial charge in [-0.05, 0) is 40.2 Å². The van der Waals surface area contributed by atoms with E-state index in [1.54, 1.807) is 12.1 Å². The number of nitrogens with one attached hydrogen (secondary N) is 1. The predicted molar refractivity (Wildman–Crippen MR) is 87.6 cm³/mol. The molecule has 1 aromatic heterocycles. The maximum absolute atomic E-state index is 12.1. The van der Waals surface area contributed by atoms with Crippen molar-refractivity contribution >= 4 is 48.5 Å². The number of fused-ring (bicyclic) bond motifs is 1. The second-order valence-corrected chi connectivity index (χ2v) is 6.05. The highest BCUT2D eigenvalue weighted by atomic mass is 79.9. The van der Waals surface area contributed by atoms with Crippen LogP contribution >= 0.6 is 31.9 Å². The number of rotatable bonds is 1. The van der Waals surface area contributed by atoms with Crippen LogP contribution in [0, 0.1) is 0 Å². The molecule has 0 saturated heterocycles. The molecule has 100 valence electrons. The number of benzene rings is 2. The fourth-order valence-electron chi connectivity index (χ4n) is 1.99. The second-order valence-electron chi connectivity index (χ2n) is 4.28. The molecule has 0 radical (unpaired) electrons. The van der Waals surface area contributed by atoms with E-state index in [2.05, 4.69) is 41.8 Å². The average Bonchev–Trinajstić information content (AvgIpc) is 2.43. The van der Waals surface area contributed by atoms with Crippen LogP contribution in [0.3, 0.4) is 0 Å². The smallest absolute Gasteiger partial charge is 0.259 e. The minimum Gasteiger partial charge on any atom is -0.397 e. The number of para-hydroxylation sites is 1. The third kappa shape index (κ3) is 2.25. The summed E-state index contributed by atoms with van der Waals surface area (Å²) in [5, 5.41) is 0.559. The van der Waals surface area contributed by atoms with E-state index >= 15 is 0 Å². The van der Waals surface area contributed by atoms with Gasteiger partial charge in [0.25, 0.3) is 5.56 Å². The highest BCUT2D eigenvalue weighted by Gasteiger charge is 2.11. The van der Waals surface area contributed by atoms with E-state index in [-0.39, 0.29) is 5.56 Å². The molecule has 0 unspecified atom stereocenters. The fraction of sp³-hybridized carbons (Fsp3) is 0. The van der Waals surface area contributed by atoms with Gasteiger partial charge in [-0.25, -0.2) is 4.98 Å². The maximum Gasteiger partial charge on any atom is 0.259 e. The first kappa shape index (κ1) is 13.3. The van der Waals surface area contributed by atoms with Crippen molar-refractivity contribution in [1.82, 2.24) is 9.97 Å². The summed E-state index contributed by atoms with van der Waals surface area (Å²) in [6.07, 6.45) is 0. The zero-order valence-corrected chi connectivity index (χ0v) is 13.3. The van der Waals surface area contributed by atoms with Gasteiger partial charge in [0.15, 0.2) is 0 Å². The summed E-state index contributed by atoms with van der Waals surface area (Å²) < 4.78 is 1.60. The summed E-state index contributed by atoms with van der Waals surface area (Å²) in [5.41, 5.74) is 7.72.